The Hall–Kier alpha value is -1.84. The first-order valence-corrected chi connectivity index (χ1v) is 10.6. The highest BCUT2D eigenvalue weighted by molar-refractivity contribution is 7.56. The molecule has 8 heteroatoms. The fourth-order valence-electron chi connectivity index (χ4n) is 2.21. The predicted molar refractivity (Wildman–Crippen MR) is 112 cm³/mol. The van der Waals surface area contributed by atoms with E-state index in [4.69, 9.17) is 43.9 Å². The van der Waals surface area contributed by atoms with Crippen molar-refractivity contribution in [3.8, 4) is 11.5 Å². The van der Waals surface area contributed by atoms with Crippen molar-refractivity contribution in [2.75, 3.05) is 5.09 Å². The third kappa shape index (κ3) is 5.33. The maximum absolute atomic E-state index is 13.5. The minimum atomic E-state index is -3.86. The molecule has 0 saturated heterocycles. The summed E-state index contributed by atoms with van der Waals surface area (Å²) >= 11 is 18.0. The molecular formula is C19H15Cl3NO3P. The molecule has 0 aromatic heterocycles. The first-order chi connectivity index (χ1) is 12.8. The molecule has 0 aliphatic rings. The Bertz CT molecular complexity index is 927. The average molecular weight is 443 g/mol. The molecule has 4 nitrogen and oxygen atoms in total. The van der Waals surface area contributed by atoms with Gasteiger partial charge in [0.1, 0.15) is 11.5 Å². The number of nitrogens with one attached hydrogen (secondary N) is 1. The normalized spacial score (nSPS) is 11.1. The molecule has 0 saturated carbocycles. The highest BCUT2D eigenvalue weighted by Gasteiger charge is 2.30. The number of rotatable bonds is 6. The second-order valence-electron chi connectivity index (χ2n) is 5.61. The van der Waals surface area contributed by atoms with E-state index in [0.29, 0.717) is 32.3 Å². The van der Waals surface area contributed by atoms with Gasteiger partial charge in [-0.2, -0.15) is 0 Å². The van der Waals surface area contributed by atoms with Gasteiger partial charge < -0.3 is 9.05 Å². The molecule has 27 heavy (non-hydrogen) atoms. The first-order valence-electron chi connectivity index (χ1n) is 7.88. The van der Waals surface area contributed by atoms with Crippen molar-refractivity contribution < 1.29 is 13.6 Å². The molecule has 0 unspecified atom stereocenters. The lowest BCUT2D eigenvalue weighted by Crippen LogP contribution is -2.10. The SMILES string of the molecule is Cc1c(Cl)cccc1NP(=O)(Oc1ccc(Cl)cc1)Oc1ccc(Cl)cc1. The molecule has 0 spiro atoms. The standard InChI is InChI=1S/C19H15Cl3NO3P/c1-13-18(22)3-2-4-19(13)23-27(24,25-16-9-5-14(20)6-10-16)26-17-11-7-15(21)8-12-17/h2-12H,1H3,(H,23,24). The van der Waals surface area contributed by atoms with Crippen molar-refractivity contribution in [2.24, 2.45) is 0 Å². The van der Waals surface area contributed by atoms with Gasteiger partial charge in [0.25, 0.3) is 0 Å². The molecule has 1 N–H and O–H groups in total. The Morgan fingerprint density at radius 1 is 0.778 bits per heavy atom. The van der Waals surface area contributed by atoms with Crippen LogP contribution in [0.3, 0.4) is 0 Å². The lowest BCUT2D eigenvalue weighted by Gasteiger charge is -2.22. The third-order valence-electron chi connectivity index (χ3n) is 3.60. The van der Waals surface area contributed by atoms with E-state index in [1.165, 1.54) is 0 Å². The Labute approximate surface area is 172 Å². The van der Waals surface area contributed by atoms with Gasteiger partial charge in [0.05, 0.1) is 0 Å². The number of hydrogen-bond acceptors (Lipinski definition) is 3. The van der Waals surface area contributed by atoms with Crippen molar-refractivity contribution in [1.29, 1.82) is 0 Å². The highest BCUT2D eigenvalue weighted by atomic mass is 35.5. The minimum Gasteiger partial charge on any atom is -0.400 e. The fourth-order valence-corrected chi connectivity index (χ4v) is 4.10. The molecule has 0 aliphatic heterocycles. The van der Waals surface area contributed by atoms with Crippen molar-refractivity contribution in [3.63, 3.8) is 0 Å². The molecule has 0 radical (unpaired) electrons. The zero-order valence-electron chi connectivity index (χ0n) is 14.2. The summed E-state index contributed by atoms with van der Waals surface area (Å²) in [6, 6.07) is 18.2. The van der Waals surface area contributed by atoms with Crippen LogP contribution in [0, 0.1) is 6.92 Å². The van der Waals surface area contributed by atoms with Gasteiger partial charge >= 0.3 is 7.75 Å². The summed E-state index contributed by atoms with van der Waals surface area (Å²) in [6.07, 6.45) is 0. The van der Waals surface area contributed by atoms with Crippen LogP contribution < -0.4 is 14.1 Å². The molecular weight excluding hydrogens is 428 g/mol. The van der Waals surface area contributed by atoms with Crippen LogP contribution in [0.1, 0.15) is 5.56 Å². The first kappa shape index (κ1) is 19.9. The lowest BCUT2D eigenvalue weighted by molar-refractivity contribution is 0.393. The summed E-state index contributed by atoms with van der Waals surface area (Å²) in [5.74, 6) is 0.674. The molecule has 3 aromatic carbocycles. The lowest BCUT2D eigenvalue weighted by atomic mass is 10.2. The van der Waals surface area contributed by atoms with Gasteiger partial charge in [-0.3, -0.25) is 5.09 Å². The molecule has 0 fully saturated rings. The largest absolute Gasteiger partial charge is 0.541 e. The maximum Gasteiger partial charge on any atom is 0.541 e. The third-order valence-corrected chi connectivity index (χ3v) is 5.93. The van der Waals surface area contributed by atoms with E-state index in [1.807, 2.05) is 0 Å². The summed E-state index contributed by atoms with van der Waals surface area (Å²) in [5, 5.41) is 4.46. The van der Waals surface area contributed by atoms with Crippen molar-refractivity contribution in [2.45, 2.75) is 6.92 Å². The molecule has 0 heterocycles. The highest BCUT2D eigenvalue weighted by Crippen LogP contribution is 2.49. The van der Waals surface area contributed by atoms with Gasteiger partial charge in [-0.05, 0) is 73.2 Å². The number of hydrogen-bond donors (Lipinski definition) is 1. The molecule has 0 amide bonds. The summed E-state index contributed by atoms with van der Waals surface area (Å²) in [7, 11) is -3.86. The summed E-state index contributed by atoms with van der Waals surface area (Å²) in [5.41, 5.74) is 1.26. The smallest absolute Gasteiger partial charge is 0.400 e. The number of anilines is 1. The van der Waals surface area contributed by atoms with E-state index in [2.05, 4.69) is 5.09 Å². The minimum absolute atomic E-state index is 0.337. The van der Waals surface area contributed by atoms with E-state index >= 15 is 0 Å². The van der Waals surface area contributed by atoms with Crippen LogP contribution in [0.2, 0.25) is 15.1 Å². The van der Waals surface area contributed by atoms with Gasteiger partial charge in [0, 0.05) is 20.8 Å². The zero-order valence-corrected chi connectivity index (χ0v) is 17.3. The maximum atomic E-state index is 13.5. The van der Waals surface area contributed by atoms with E-state index in [-0.39, 0.29) is 0 Å². The average Bonchev–Trinajstić information content (AvgIpc) is 2.63. The van der Waals surface area contributed by atoms with Crippen LogP contribution in [0.15, 0.2) is 66.7 Å². The van der Waals surface area contributed by atoms with Crippen LogP contribution in [-0.4, -0.2) is 0 Å². The Balaban J connectivity index is 1.93. The fraction of sp³-hybridized carbons (Fsp3) is 0.0526. The zero-order chi connectivity index (χ0) is 19.4. The Morgan fingerprint density at radius 2 is 1.26 bits per heavy atom. The summed E-state index contributed by atoms with van der Waals surface area (Å²) in [6.45, 7) is 1.81. The van der Waals surface area contributed by atoms with Crippen molar-refractivity contribution in [3.05, 3.63) is 87.4 Å². The number of benzene rings is 3. The molecule has 3 rings (SSSR count). The van der Waals surface area contributed by atoms with E-state index in [1.54, 1.807) is 73.7 Å². The van der Waals surface area contributed by atoms with Crippen LogP contribution in [-0.2, 0) is 4.57 Å². The van der Waals surface area contributed by atoms with Gasteiger partial charge in [-0.1, -0.05) is 40.9 Å². The van der Waals surface area contributed by atoms with E-state index in [9.17, 15) is 4.57 Å². The summed E-state index contributed by atoms with van der Waals surface area (Å²) < 4.78 is 24.8. The Morgan fingerprint density at radius 3 is 1.74 bits per heavy atom. The summed E-state index contributed by atoms with van der Waals surface area (Å²) in [4.78, 5) is 0. The molecule has 140 valence electrons. The van der Waals surface area contributed by atoms with E-state index < -0.39 is 7.75 Å². The molecule has 0 aliphatic carbocycles. The van der Waals surface area contributed by atoms with Crippen LogP contribution in [0.4, 0.5) is 5.69 Å². The number of halogens is 3. The van der Waals surface area contributed by atoms with Crippen molar-refractivity contribution in [1.82, 2.24) is 0 Å². The van der Waals surface area contributed by atoms with Crippen LogP contribution >= 0.6 is 42.5 Å². The molecule has 0 bridgehead atoms. The van der Waals surface area contributed by atoms with E-state index in [0.717, 1.165) is 5.56 Å². The van der Waals surface area contributed by atoms with Gasteiger partial charge in [-0.25, -0.2) is 4.57 Å². The molecule has 0 atom stereocenters. The van der Waals surface area contributed by atoms with Crippen molar-refractivity contribution >= 4 is 48.2 Å². The quantitative estimate of drug-likeness (QED) is 0.399. The van der Waals surface area contributed by atoms with Gasteiger partial charge in [0.15, 0.2) is 0 Å². The molecule has 3 aromatic rings. The predicted octanol–water partition coefficient (Wildman–Crippen LogP) is 7.63. The monoisotopic (exact) mass is 441 g/mol. The van der Waals surface area contributed by atoms with Crippen LogP contribution in [0.25, 0.3) is 0 Å². The Kier molecular flexibility index (Phi) is 6.23. The second-order valence-corrected chi connectivity index (χ2v) is 8.48. The topological polar surface area (TPSA) is 47.6 Å². The second kappa shape index (κ2) is 8.45. The van der Waals surface area contributed by atoms with Gasteiger partial charge in [0.2, 0.25) is 0 Å². The van der Waals surface area contributed by atoms with Crippen LogP contribution in [0.5, 0.6) is 11.5 Å². The van der Waals surface area contributed by atoms with Gasteiger partial charge in [-0.15, -0.1) is 0 Å².